The number of rotatable bonds is 6. The molecule has 3 rings (SSSR count). The number of nitrogens with one attached hydrogen (secondary N) is 2. The van der Waals surface area contributed by atoms with Crippen LogP contribution in [0, 0.1) is 0 Å². The third-order valence-corrected chi connectivity index (χ3v) is 4.43. The zero-order chi connectivity index (χ0) is 19.1. The molecular weight excluding hydrogens is 360 g/mol. The molecule has 3 aromatic rings. The average molecular weight is 379 g/mol. The summed E-state index contributed by atoms with van der Waals surface area (Å²) in [6.45, 7) is 0. The molecule has 0 saturated carbocycles. The quantitative estimate of drug-likeness (QED) is 0.622. The Kier molecular flexibility index (Phi) is 6.23. The van der Waals surface area contributed by atoms with Gasteiger partial charge >= 0.3 is 0 Å². The number of hydrogen-bond acceptors (Lipinski definition) is 2. The second-order valence-corrected chi connectivity index (χ2v) is 6.41. The topological polar surface area (TPSA) is 58.2 Å². The number of para-hydroxylation sites is 2. The van der Waals surface area contributed by atoms with Crippen molar-refractivity contribution >= 4 is 34.8 Å². The van der Waals surface area contributed by atoms with E-state index in [0.29, 0.717) is 28.4 Å². The molecule has 0 radical (unpaired) electrons. The van der Waals surface area contributed by atoms with Gasteiger partial charge in [0.15, 0.2) is 0 Å². The van der Waals surface area contributed by atoms with E-state index in [9.17, 15) is 9.59 Å². The number of anilines is 2. The Balaban J connectivity index is 1.66. The molecule has 0 aliphatic rings. The van der Waals surface area contributed by atoms with Gasteiger partial charge in [0.2, 0.25) is 5.91 Å². The van der Waals surface area contributed by atoms with Crippen LogP contribution in [0.1, 0.15) is 22.3 Å². The van der Waals surface area contributed by atoms with Gasteiger partial charge in [0, 0.05) is 17.1 Å². The summed E-state index contributed by atoms with van der Waals surface area (Å²) < 4.78 is 0. The molecule has 0 saturated heterocycles. The minimum absolute atomic E-state index is 0.171. The van der Waals surface area contributed by atoms with Crippen molar-refractivity contribution in [3.8, 4) is 0 Å². The highest BCUT2D eigenvalue weighted by atomic mass is 35.5. The molecule has 0 aromatic heterocycles. The lowest BCUT2D eigenvalue weighted by atomic mass is 10.1. The fourth-order valence-electron chi connectivity index (χ4n) is 2.67. The van der Waals surface area contributed by atoms with Gasteiger partial charge in [0.25, 0.3) is 5.91 Å². The SMILES string of the molecule is O=C(CCc1ccccc1Cl)Nc1ccccc1C(=O)Nc1ccccc1. The first kappa shape index (κ1) is 18.7. The Morgan fingerprint density at radius 2 is 1.44 bits per heavy atom. The highest BCUT2D eigenvalue weighted by Crippen LogP contribution is 2.19. The van der Waals surface area contributed by atoms with Crippen molar-refractivity contribution in [3.05, 3.63) is 95.0 Å². The third kappa shape index (κ3) is 5.19. The van der Waals surface area contributed by atoms with Crippen LogP contribution in [0.5, 0.6) is 0 Å². The third-order valence-electron chi connectivity index (χ3n) is 4.06. The van der Waals surface area contributed by atoms with Crippen LogP contribution in [0.4, 0.5) is 11.4 Å². The predicted molar refractivity (Wildman–Crippen MR) is 109 cm³/mol. The number of carbonyl (C=O) groups is 2. The fourth-order valence-corrected chi connectivity index (χ4v) is 2.90. The molecule has 0 unspecified atom stereocenters. The molecule has 0 heterocycles. The Bertz CT molecular complexity index is 942. The number of benzene rings is 3. The molecule has 0 aliphatic heterocycles. The van der Waals surface area contributed by atoms with Crippen LogP contribution in [0.3, 0.4) is 0 Å². The predicted octanol–water partition coefficient (Wildman–Crippen LogP) is 5.16. The van der Waals surface area contributed by atoms with Crippen LogP contribution in [-0.4, -0.2) is 11.8 Å². The molecule has 27 heavy (non-hydrogen) atoms. The van der Waals surface area contributed by atoms with Gasteiger partial charge in [0.1, 0.15) is 0 Å². The second-order valence-electron chi connectivity index (χ2n) is 6.01. The van der Waals surface area contributed by atoms with Gasteiger partial charge in [0.05, 0.1) is 11.3 Å². The van der Waals surface area contributed by atoms with Crippen molar-refractivity contribution in [2.45, 2.75) is 12.8 Å². The maximum absolute atomic E-state index is 12.6. The molecule has 0 atom stereocenters. The number of amides is 2. The average Bonchev–Trinajstić information content (AvgIpc) is 2.68. The maximum atomic E-state index is 12.6. The number of aryl methyl sites for hydroxylation is 1. The molecular formula is C22H19ClN2O2. The van der Waals surface area contributed by atoms with Gasteiger partial charge in [-0.2, -0.15) is 0 Å². The summed E-state index contributed by atoms with van der Waals surface area (Å²) >= 11 is 6.13. The zero-order valence-electron chi connectivity index (χ0n) is 14.6. The molecule has 3 aromatic carbocycles. The van der Waals surface area contributed by atoms with Crippen LogP contribution in [0.15, 0.2) is 78.9 Å². The van der Waals surface area contributed by atoms with Crippen molar-refractivity contribution in [1.82, 2.24) is 0 Å². The molecule has 4 nitrogen and oxygen atoms in total. The van der Waals surface area contributed by atoms with E-state index in [0.717, 1.165) is 5.56 Å². The molecule has 0 bridgehead atoms. The van der Waals surface area contributed by atoms with Crippen molar-refractivity contribution in [1.29, 1.82) is 0 Å². The standard InChI is InChI=1S/C22H19ClN2O2/c23-19-12-6-4-8-16(19)14-15-21(26)25-20-13-7-5-11-18(20)22(27)24-17-9-2-1-3-10-17/h1-13H,14-15H2,(H,24,27)(H,25,26). The van der Waals surface area contributed by atoms with E-state index in [-0.39, 0.29) is 18.2 Å². The lowest BCUT2D eigenvalue weighted by molar-refractivity contribution is -0.116. The largest absolute Gasteiger partial charge is 0.325 e. The summed E-state index contributed by atoms with van der Waals surface area (Å²) in [5.41, 5.74) is 2.51. The Morgan fingerprint density at radius 3 is 2.22 bits per heavy atom. The highest BCUT2D eigenvalue weighted by Gasteiger charge is 2.13. The molecule has 5 heteroatoms. The lowest BCUT2D eigenvalue weighted by Gasteiger charge is -2.12. The molecule has 0 aliphatic carbocycles. The van der Waals surface area contributed by atoms with Crippen molar-refractivity contribution in [3.63, 3.8) is 0 Å². The molecule has 136 valence electrons. The van der Waals surface area contributed by atoms with E-state index < -0.39 is 0 Å². The molecule has 0 fully saturated rings. The minimum atomic E-state index is -0.275. The summed E-state index contributed by atoms with van der Waals surface area (Å²) in [4.78, 5) is 24.9. The van der Waals surface area contributed by atoms with E-state index >= 15 is 0 Å². The summed E-state index contributed by atoms with van der Waals surface area (Å²) in [5.74, 6) is -0.446. The normalized spacial score (nSPS) is 10.3. The first-order valence-electron chi connectivity index (χ1n) is 8.62. The first-order valence-corrected chi connectivity index (χ1v) is 9.00. The lowest BCUT2D eigenvalue weighted by Crippen LogP contribution is -2.18. The van der Waals surface area contributed by atoms with Gasteiger partial charge in [-0.15, -0.1) is 0 Å². The Hall–Kier alpha value is -3.11. The monoisotopic (exact) mass is 378 g/mol. The van der Waals surface area contributed by atoms with Gasteiger partial charge in [-0.1, -0.05) is 60.1 Å². The van der Waals surface area contributed by atoms with Crippen molar-refractivity contribution in [2.75, 3.05) is 10.6 Å². The van der Waals surface area contributed by atoms with Crippen molar-refractivity contribution < 1.29 is 9.59 Å². The van der Waals surface area contributed by atoms with Crippen LogP contribution in [-0.2, 0) is 11.2 Å². The maximum Gasteiger partial charge on any atom is 0.257 e. The van der Waals surface area contributed by atoms with Gasteiger partial charge < -0.3 is 10.6 Å². The summed E-state index contributed by atoms with van der Waals surface area (Å²) in [5, 5.41) is 6.30. The fraction of sp³-hybridized carbons (Fsp3) is 0.0909. The van der Waals surface area contributed by atoms with Gasteiger partial charge in [-0.05, 0) is 42.3 Å². The van der Waals surface area contributed by atoms with Gasteiger partial charge in [-0.3, -0.25) is 9.59 Å². The Labute approximate surface area is 163 Å². The summed E-state index contributed by atoms with van der Waals surface area (Å²) in [6.07, 6.45) is 0.808. The second kappa shape index (κ2) is 9.01. The molecule has 2 N–H and O–H groups in total. The van der Waals surface area contributed by atoms with E-state index in [4.69, 9.17) is 11.6 Å². The molecule has 0 spiro atoms. The number of halogens is 1. The van der Waals surface area contributed by atoms with Crippen LogP contribution < -0.4 is 10.6 Å². The minimum Gasteiger partial charge on any atom is -0.325 e. The van der Waals surface area contributed by atoms with E-state index in [1.54, 1.807) is 30.3 Å². The van der Waals surface area contributed by atoms with Crippen LogP contribution in [0.2, 0.25) is 5.02 Å². The summed E-state index contributed by atoms with van der Waals surface area (Å²) in [7, 11) is 0. The Morgan fingerprint density at radius 1 is 0.778 bits per heavy atom. The number of hydrogen-bond donors (Lipinski definition) is 2. The van der Waals surface area contributed by atoms with E-state index in [2.05, 4.69) is 10.6 Å². The van der Waals surface area contributed by atoms with E-state index in [1.165, 1.54) is 0 Å². The first-order chi connectivity index (χ1) is 13.1. The van der Waals surface area contributed by atoms with Crippen molar-refractivity contribution in [2.24, 2.45) is 0 Å². The number of carbonyl (C=O) groups excluding carboxylic acids is 2. The smallest absolute Gasteiger partial charge is 0.257 e. The van der Waals surface area contributed by atoms with Crippen LogP contribution >= 0.6 is 11.6 Å². The molecule has 2 amide bonds. The summed E-state index contributed by atoms with van der Waals surface area (Å²) in [6, 6.07) is 23.6. The van der Waals surface area contributed by atoms with E-state index in [1.807, 2.05) is 48.5 Å². The van der Waals surface area contributed by atoms with Crippen LogP contribution in [0.25, 0.3) is 0 Å². The van der Waals surface area contributed by atoms with Gasteiger partial charge in [-0.25, -0.2) is 0 Å². The zero-order valence-corrected chi connectivity index (χ0v) is 15.4. The highest BCUT2D eigenvalue weighted by molar-refractivity contribution is 6.31.